The van der Waals surface area contributed by atoms with Crippen molar-refractivity contribution in [2.75, 3.05) is 26.3 Å². The van der Waals surface area contributed by atoms with Crippen LogP contribution in [0.4, 0.5) is 0 Å². The van der Waals surface area contributed by atoms with E-state index in [1.165, 1.54) is 25.7 Å². The van der Waals surface area contributed by atoms with Crippen LogP contribution in [0.5, 0.6) is 0 Å². The second-order valence-electron chi connectivity index (χ2n) is 7.37. The Morgan fingerprint density at radius 3 is 3.14 bits per heavy atom. The topological polar surface area (TPSA) is 39.5 Å². The van der Waals surface area contributed by atoms with Crippen molar-refractivity contribution in [1.29, 1.82) is 0 Å². The van der Waals surface area contributed by atoms with Gasteiger partial charge in [0.05, 0.1) is 24.9 Å². The van der Waals surface area contributed by atoms with Crippen LogP contribution in [0, 0.1) is 5.92 Å². The Hall–Kier alpha value is -0.910. The molecule has 2 aliphatic heterocycles. The van der Waals surface area contributed by atoms with Gasteiger partial charge in [0, 0.05) is 39.0 Å². The molecule has 0 amide bonds. The Morgan fingerprint density at radius 2 is 2.36 bits per heavy atom. The minimum absolute atomic E-state index is 0.0254. The third kappa shape index (κ3) is 3.21. The van der Waals surface area contributed by atoms with Crippen LogP contribution < -0.4 is 0 Å². The highest BCUT2D eigenvalue weighted by Gasteiger charge is 2.44. The zero-order valence-corrected chi connectivity index (χ0v) is 13.5. The Labute approximate surface area is 132 Å². The molecule has 0 bridgehead atoms. The van der Waals surface area contributed by atoms with Gasteiger partial charge in [0.2, 0.25) is 0 Å². The van der Waals surface area contributed by atoms with E-state index >= 15 is 0 Å². The van der Waals surface area contributed by atoms with Gasteiger partial charge in [-0.1, -0.05) is 0 Å². The summed E-state index contributed by atoms with van der Waals surface area (Å²) in [4.78, 5) is 6.95. The van der Waals surface area contributed by atoms with Gasteiger partial charge in [0.1, 0.15) is 5.82 Å². The number of likely N-dealkylation sites (tertiary alicyclic amines) is 1. The maximum atomic E-state index is 6.23. The lowest BCUT2D eigenvalue weighted by molar-refractivity contribution is -0.0553. The van der Waals surface area contributed by atoms with Gasteiger partial charge in [-0.15, -0.1) is 0 Å². The molecule has 1 spiro atoms. The van der Waals surface area contributed by atoms with Crippen molar-refractivity contribution in [3.63, 3.8) is 0 Å². The third-order valence-corrected chi connectivity index (χ3v) is 5.34. The first kappa shape index (κ1) is 14.7. The van der Waals surface area contributed by atoms with Crippen LogP contribution in [0.3, 0.4) is 0 Å². The van der Waals surface area contributed by atoms with Gasteiger partial charge in [-0.05, 0) is 38.1 Å². The molecule has 5 nitrogen and oxygen atoms in total. The lowest BCUT2D eigenvalue weighted by Gasteiger charge is -2.39. The van der Waals surface area contributed by atoms with Crippen LogP contribution in [-0.4, -0.2) is 52.5 Å². The Morgan fingerprint density at radius 1 is 1.45 bits per heavy atom. The van der Waals surface area contributed by atoms with Crippen molar-refractivity contribution >= 4 is 0 Å². The van der Waals surface area contributed by atoms with Gasteiger partial charge in [-0.3, -0.25) is 4.90 Å². The van der Waals surface area contributed by atoms with Gasteiger partial charge in [-0.25, -0.2) is 4.98 Å². The first-order valence-electron chi connectivity index (χ1n) is 8.67. The highest BCUT2D eigenvalue weighted by atomic mass is 16.6. The second-order valence-corrected chi connectivity index (χ2v) is 7.37. The number of imidazole rings is 1. The molecule has 3 heterocycles. The lowest BCUT2D eigenvalue weighted by Crippen LogP contribution is -2.47. The van der Waals surface area contributed by atoms with Crippen LogP contribution in [0.1, 0.15) is 37.9 Å². The summed E-state index contributed by atoms with van der Waals surface area (Å²) in [6, 6.07) is 0. The number of hydrogen-bond acceptors (Lipinski definition) is 4. The van der Waals surface area contributed by atoms with E-state index in [0.29, 0.717) is 6.10 Å². The van der Waals surface area contributed by atoms with E-state index in [9.17, 15) is 0 Å². The Balaban J connectivity index is 1.33. The van der Waals surface area contributed by atoms with E-state index in [4.69, 9.17) is 9.47 Å². The van der Waals surface area contributed by atoms with Gasteiger partial charge in [0.25, 0.3) is 0 Å². The van der Waals surface area contributed by atoms with Gasteiger partial charge < -0.3 is 14.0 Å². The minimum atomic E-state index is 0.0254. The summed E-state index contributed by atoms with van der Waals surface area (Å²) < 4.78 is 14.4. The number of aromatic nitrogens is 2. The summed E-state index contributed by atoms with van der Waals surface area (Å²) in [6.07, 6.45) is 10.4. The Kier molecular flexibility index (Phi) is 3.96. The van der Waals surface area contributed by atoms with Crippen molar-refractivity contribution in [1.82, 2.24) is 14.5 Å². The fraction of sp³-hybridized carbons (Fsp3) is 0.824. The van der Waals surface area contributed by atoms with E-state index in [1.807, 2.05) is 12.4 Å². The summed E-state index contributed by atoms with van der Waals surface area (Å²) in [5.74, 6) is 1.97. The number of aryl methyl sites for hydroxylation is 1. The molecule has 22 heavy (non-hydrogen) atoms. The molecule has 0 aromatic carbocycles. The molecule has 1 saturated carbocycles. The van der Waals surface area contributed by atoms with E-state index in [0.717, 1.165) is 51.0 Å². The van der Waals surface area contributed by atoms with Gasteiger partial charge in [-0.2, -0.15) is 0 Å². The number of piperidine rings is 1. The monoisotopic (exact) mass is 305 g/mol. The first-order chi connectivity index (χ1) is 10.7. The van der Waals surface area contributed by atoms with Gasteiger partial charge in [0.15, 0.2) is 0 Å². The highest BCUT2D eigenvalue weighted by Crippen LogP contribution is 2.37. The van der Waals surface area contributed by atoms with Crippen LogP contribution in [-0.2, 0) is 23.1 Å². The first-order valence-corrected chi connectivity index (χ1v) is 8.67. The molecule has 3 aliphatic rings. The van der Waals surface area contributed by atoms with Crippen LogP contribution >= 0.6 is 0 Å². The summed E-state index contributed by atoms with van der Waals surface area (Å²) in [6.45, 7) is 4.81. The average molecular weight is 305 g/mol. The highest BCUT2D eigenvalue weighted by molar-refractivity contribution is 4.98. The number of ether oxygens (including phenoxy) is 2. The molecule has 4 rings (SSSR count). The number of nitrogens with zero attached hydrogens (tertiary/aromatic N) is 3. The minimum Gasteiger partial charge on any atom is -0.375 e. The Bertz CT molecular complexity index is 514. The molecule has 2 saturated heterocycles. The maximum absolute atomic E-state index is 6.23. The fourth-order valence-electron chi connectivity index (χ4n) is 3.82. The van der Waals surface area contributed by atoms with Crippen molar-refractivity contribution in [3.05, 3.63) is 18.2 Å². The predicted molar refractivity (Wildman–Crippen MR) is 83.5 cm³/mol. The summed E-state index contributed by atoms with van der Waals surface area (Å²) in [5.41, 5.74) is 0.0254. The molecule has 122 valence electrons. The largest absolute Gasteiger partial charge is 0.375 e. The quantitative estimate of drug-likeness (QED) is 0.834. The molecule has 1 aromatic heterocycles. The summed E-state index contributed by atoms with van der Waals surface area (Å²) in [7, 11) is 2.07. The van der Waals surface area contributed by atoms with Crippen LogP contribution in [0.15, 0.2) is 12.4 Å². The third-order valence-electron chi connectivity index (χ3n) is 5.34. The van der Waals surface area contributed by atoms with Crippen molar-refractivity contribution in [2.24, 2.45) is 13.0 Å². The smallest absolute Gasteiger partial charge is 0.122 e. The fourth-order valence-corrected chi connectivity index (χ4v) is 3.82. The average Bonchev–Trinajstić information content (AvgIpc) is 3.15. The van der Waals surface area contributed by atoms with E-state index in [-0.39, 0.29) is 5.60 Å². The molecular formula is C17H27N3O2. The summed E-state index contributed by atoms with van der Waals surface area (Å²) in [5, 5.41) is 0. The van der Waals surface area contributed by atoms with Crippen LogP contribution in [0.2, 0.25) is 0 Å². The second kappa shape index (κ2) is 5.95. The molecule has 0 N–H and O–H groups in total. The molecule has 5 heteroatoms. The zero-order chi connectivity index (χ0) is 15.0. The standard InChI is InChI=1S/C17H27N3O2/c1-19-8-6-18-16(19)10-20-7-2-5-17(13-20)9-15(12-22-17)21-11-14-3-4-14/h6,8,14-15H,2-5,7,9-13H2,1H3. The molecule has 2 atom stereocenters. The maximum Gasteiger partial charge on any atom is 0.122 e. The summed E-state index contributed by atoms with van der Waals surface area (Å²) >= 11 is 0. The zero-order valence-electron chi connectivity index (χ0n) is 13.5. The van der Waals surface area contributed by atoms with E-state index < -0.39 is 0 Å². The van der Waals surface area contributed by atoms with Gasteiger partial charge >= 0.3 is 0 Å². The lowest BCUT2D eigenvalue weighted by atomic mass is 9.89. The molecule has 3 fully saturated rings. The van der Waals surface area contributed by atoms with Crippen molar-refractivity contribution in [2.45, 2.75) is 50.4 Å². The number of hydrogen-bond donors (Lipinski definition) is 0. The molecular weight excluding hydrogens is 278 g/mol. The number of rotatable bonds is 5. The van der Waals surface area contributed by atoms with E-state index in [2.05, 4.69) is 21.5 Å². The van der Waals surface area contributed by atoms with Crippen LogP contribution in [0.25, 0.3) is 0 Å². The van der Waals surface area contributed by atoms with E-state index in [1.54, 1.807) is 0 Å². The van der Waals surface area contributed by atoms with Crippen molar-refractivity contribution in [3.8, 4) is 0 Å². The molecule has 2 unspecified atom stereocenters. The SMILES string of the molecule is Cn1ccnc1CN1CCCC2(CC(OCC3CC3)CO2)C1. The predicted octanol–water partition coefficient (Wildman–Crippen LogP) is 1.97. The van der Waals surface area contributed by atoms with Crippen molar-refractivity contribution < 1.29 is 9.47 Å². The molecule has 0 radical (unpaired) electrons. The molecule has 1 aliphatic carbocycles. The normalized spacial score (nSPS) is 32.9. The molecule has 1 aromatic rings.